The van der Waals surface area contributed by atoms with Crippen LogP contribution in [0.25, 0.3) is 0 Å². The maximum Gasteiger partial charge on any atom is 0.303 e. The summed E-state index contributed by atoms with van der Waals surface area (Å²) in [6.45, 7) is 3.21. The van der Waals surface area contributed by atoms with Gasteiger partial charge in [-0.1, -0.05) is 37.3 Å². The minimum atomic E-state index is -0.931. The second-order valence-corrected chi connectivity index (χ2v) is 4.19. The molecule has 4 nitrogen and oxygen atoms in total. The Labute approximate surface area is 107 Å². The van der Waals surface area contributed by atoms with Crippen LogP contribution in [0.2, 0.25) is 0 Å². The van der Waals surface area contributed by atoms with Crippen LogP contribution >= 0.6 is 0 Å². The van der Waals surface area contributed by atoms with E-state index in [0.29, 0.717) is 13.1 Å². The number of carboxylic acids is 1. The first-order valence-corrected chi connectivity index (χ1v) is 6.17. The standard InChI is InChI=1S/C14H19NO3/c1-2-10-15(13(16)8-9-14(17)18)11-12-6-4-3-5-7-12/h3-7H,2,8-11H2,1H3,(H,17,18). The number of carbonyl (C=O) groups excluding carboxylic acids is 1. The lowest BCUT2D eigenvalue weighted by Crippen LogP contribution is -2.31. The van der Waals surface area contributed by atoms with Crippen molar-refractivity contribution in [2.45, 2.75) is 32.7 Å². The average molecular weight is 249 g/mol. The number of benzene rings is 1. The second-order valence-electron chi connectivity index (χ2n) is 4.19. The number of hydrogen-bond donors (Lipinski definition) is 1. The molecule has 0 radical (unpaired) electrons. The van der Waals surface area contributed by atoms with Crippen molar-refractivity contribution in [3.05, 3.63) is 35.9 Å². The Morgan fingerprint density at radius 2 is 1.83 bits per heavy atom. The van der Waals surface area contributed by atoms with Gasteiger partial charge in [0.15, 0.2) is 0 Å². The van der Waals surface area contributed by atoms with Crippen LogP contribution in [0.5, 0.6) is 0 Å². The first-order valence-electron chi connectivity index (χ1n) is 6.17. The maximum atomic E-state index is 11.9. The highest BCUT2D eigenvalue weighted by Crippen LogP contribution is 2.08. The van der Waals surface area contributed by atoms with E-state index in [-0.39, 0.29) is 18.7 Å². The topological polar surface area (TPSA) is 57.6 Å². The first kappa shape index (κ1) is 14.2. The molecule has 0 unspecified atom stereocenters. The fourth-order valence-electron chi connectivity index (χ4n) is 1.74. The molecular formula is C14H19NO3. The van der Waals surface area contributed by atoms with Gasteiger partial charge in [0.25, 0.3) is 0 Å². The Balaban J connectivity index is 2.58. The van der Waals surface area contributed by atoms with Gasteiger partial charge < -0.3 is 10.0 Å². The summed E-state index contributed by atoms with van der Waals surface area (Å²) in [6.07, 6.45) is 0.835. The molecule has 0 heterocycles. The van der Waals surface area contributed by atoms with Crippen molar-refractivity contribution in [2.24, 2.45) is 0 Å². The molecule has 1 rings (SSSR count). The van der Waals surface area contributed by atoms with Gasteiger partial charge in [0.05, 0.1) is 6.42 Å². The van der Waals surface area contributed by atoms with Gasteiger partial charge in [-0.05, 0) is 12.0 Å². The summed E-state index contributed by atoms with van der Waals surface area (Å²) in [5.41, 5.74) is 1.06. The molecule has 0 aliphatic rings. The largest absolute Gasteiger partial charge is 0.481 e. The SMILES string of the molecule is CCCN(Cc1ccccc1)C(=O)CCC(=O)O. The fourth-order valence-corrected chi connectivity index (χ4v) is 1.74. The van der Waals surface area contributed by atoms with Gasteiger partial charge in [0.2, 0.25) is 5.91 Å². The fraction of sp³-hybridized carbons (Fsp3) is 0.429. The van der Waals surface area contributed by atoms with E-state index in [2.05, 4.69) is 0 Å². The van der Waals surface area contributed by atoms with Crippen molar-refractivity contribution >= 4 is 11.9 Å². The third-order valence-corrected chi connectivity index (χ3v) is 2.62. The van der Waals surface area contributed by atoms with Gasteiger partial charge in [-0.25, -0.2) is 0 Å². The molecule has 0 aliphatic carbocycles. The van der Waals surface area contributed by atoms with Crippen LogP contribution in [0.1, 0.15) is 31.7 Å². The zero-order valence-electron chi connectivity index (χ0n) is 10.6. The number of hydrogen-bond acceptors (Lipinski definition) is 2. The lowest BCUT2D eigenvalue weighted by molar-refractivity contribution is -0.141. The zero-order chi connectivity index (χ0) is 13.4. The van der Waals surface area contributed by atoms with Crippen molar-refractivity contribution in [3.8, 4) is 0 Å². The van der Waals surface area contributed by atoms with Gasteiger partial charge in [0.1, 0.15) is 0 Å². The molecule has 1 N–H and O–H groups in total. The smallest absolute Gasteiger partial charge is 0.303 e. The molecule has 0 bridgehead atoms. The number of aliphatic carboxylic acids is 1. The quantitative estimate of drug-likeness (QED) is 0.806. The Bertz CT molecular complexity index is 389. The molecule has 0 aliphatic heterocycles. The van der Waals surface area contributed by atoms with E-state index in [4.69, 9.17) is 5.11 Å². The van der Waals surface area contributed by atoms with Gasteiger partial charge in [0, 0.05) is 19.5 Å². The minimum Gasteiger partial charge on any atom is -0.481 e. The van der Waals surface area contributed by atoms with Crippen LogP contribution in [-0.4, -0.2) is 28.4 Å². The Kier molecular flexibility index (Phi) is 5.91. The van der Waals surface area contributed by atoms with Crippen LogP contribution in [0.3, 0.4) is 0 Å². The van der Waals surface area contributed by atoms with Gasteiger partial charge in [-0.15, -0.1) is 0 Å². The molecule has 18 heavy (non-hydrogen) atoms. The minimum absolute atomic E-state index is 0.0716. The van der Waals surface area contributed by atoms with Crippen LogP contribution in [0, 0.1) is 0 Å². The molecule has 1 amide bonds. The number of carboxylic acid groups (broad SMARTS) is 1. The van der Waals surface area contributed by atoms with Gasteiger partial charge in [-0.2, -0.15) is 0 Å². The average Bonchev–Trinajstić information content (AvgIpc) is 2.36. The van der Waals surface area contributed by atoms with Crippen LogP contribution in [0.15, 0.2) is 30.3 Å². The van der Waals surface area contributed by atoms with Crippen molar-refractivity contribution < 1.29 is 14.7 Å². The summed E-state index contributed by atoms with van der Waals surface area (Å²) >= 11 is 0. The molecule has 1 aromatic rings. The van der Waals surface area contributed by atoms with Crippen LogP contribution < -0.4 is 0 Å². The van der Waals surface area contributed by atoms with E-state index < -0.39 is 5.97 Å². The summed E-state index contributed by atoms with van der Waals surface area (Å²) in [7, 11) is 0. The van der Waals surface area contributed by atoms with E-state index in [1.807, 2.05) is 37.3 Å². The zero-order valence-corrected chi connectivity index (χ0v) is 10.6. The lowest BCUT2D eigenvalue weighted by Gasteiger charge is -2.22. The highest BCUT2D eigenvalue weighted by Gasteiger charge is 2.14. The van der Waals surface area contributed by atoms with Crippen LogP contribution in [-0.2, 0) is 16.1 Å². The molecule has 0 fully saturated rings. The Hall–Kier alpha value is -1.84. The molecule has 0 aromatic heterocycles. The number of carbonyl (C=O) groups is 2. The highest BCUT2D eigenvalue weighted by molar-refractivity contribution is 5.80. The van der Waals surface area contributed by atoms with E-state index in [9.17, 15) is 9.59 Å². The molecule has 0 spiro atoms. The number of amides is 1. The highest BCUT2D eigenvalue weighted by atomic mass is 16.4. The van der Waals surface area contributed by atoms with E-state index in [0.717, 1.165) is 12.0 Å². The van der Waals surface area contributed by atoms with Crippen molar-refractivity contribution in [1.82, 2.24) is 4.90 Å². The summed E-state index contributed by atoms with van der Waals surface area (Å²) in [5, 5.41) is 8.59. The lowest BCUT2D eigenvalue weighted by atomic mass is 10.2. The second kappa shape index (κ2) is 7.48. The van der Waals surface area contributed by atoms with E-state index in [1.165, 1.54) is 0 Å². The predicted octanol–water partition coefficient (Wildman–Crippen LogP) is 2.29. The maximum absolute atomic E-state index is 11.9. The summed E-state index contributed by atoms with van der Waals surface area (Å²) < 4.78 is 0. The van der Waals surface area contributed by atoms with Gasteiger partial charge >= 0.3 is 5.97 Å². The number of rotatable bonds is 7. The molecule has 0 atom stereocenters. The van der Waals surface area contributed by atoms with Crippen LogP contribution in [0.4, 0.5) is 0 Å². The molecular weight excluding hydrogens is 230 g/mol. The van der Waals surface area contributed by atoms with Gasteiger partial charge in [-0.3, -0.25) is 9.59 Å². The monoisotopic (exact) mass is 249 g/mol. The molecule has 4 heteroatoms. The predicted molar refractivity (Wildman–Crippen MR) is 69.0 cm³/mol. The molecule has 1 aromatic carbocycles. The first-order chi connectivity index (χ1) is 8.63. The van der Waals surface area contributed by atoms with Crippen molar-refractivity contribution in [2.75, 3.05) is 6.54 Å². The summed E-state index contributed by atoms with van der Waals surface area (Å²) in [6, 6.07) is 9.72. The third-order valence-electron chi connectivity index (χ3n) is 2.62. The van der Waals surface area contributed by atoms with Crippen molar-refractivity contribution in [1.29, 1.82) is 0 Å². The summed E-state index contributed by atoms with van der Waals surface area (Å²) in [4.78, 5) is 24.1. The van der Waals surface area contributed by atoms with E-state index in [1.54, 1.807) is 4.90 Å². The Morgan fingerprint density at radius 1 is 1.17 bits per heavy atom. The third kappa shape index (κ3) is 4.99. The molecule has 0 saturated carbocycles. The molecule has 98 valence electrons. The number of nitrogens with zero attached hydrogens (tertiary/aromatic N) is 1. The normalized spacial score (nSPS) is 10.1. The van der Waals surface area contributed by atoms with Crippen molar-refractivity contribution in [3.63, 3.8) is 0 Å². The van der Waals surface area contributed by atoms with E-state index >= 15 is 0 Å². The molecule has 0 saturated heterocycles. The summed E-state index contributed by atoms with van der Waals surface area (Å²) in [5.74, 6) is -1.03. The Morgan fingerprint density at radius 3 is 2.39 bits per heavy atom.